The molecule has 1 amide bonds. The van der Waals surface area contributed by atoms with Gasteiger partial charge in [0.05, 0.1) is 0 Å². The summed E-state index contributed by atoms with van der Waals surface area (Å²) in [6, 6.07) is 0. The van der Waals surface area contributed by atoms with Crippen LogP contribution in [-0.4, -0.2) is 16.8 Å². The highest BCUT2D eigenvalue weighted by Crippen LogP contribution is 2.54. The number of carbonyl (C=O) groups excluding carboxylic acids is 1. The summed E-state index contributed by atoms with van der Waals surface area (Å²) in [4.78, 5) is 12.1. The molecule has 3 heteroatoms. The number of halogens is 1. The fourth-order valence-corrected chi connectivity index (χ4v) is 3.74. The average Bonchev–Trinajstić information content (AvgIpc) is 2.86. The molecule has 2 fully saturated rings. The molecule has 1 N–H and O–H groups in total. The minimum atomic E-state index is -0.0205. The zero-order valence-corrected chi connectivity index (χ0v) is 11.8. The lowest BCUT2D eigenvalue weighted by atomic mass is 9.93. The van der Waals surface area contributed by atoms with E-state index in [4.69, 9.17) is 0 Å². The normalized spacial score (nSPS) is 35.3. The molecule has 92 valence electrons. The van der Waals surface area contributed by atoms with Crippen molar-refractivity contribution in [2.24, 2.45) is 17.8 Å². The third kappa shape index (κ3) is 2.61. The van der Waals surface area contributed by atoms with Gasteiger partial charge < -0.3 is 5.32 Å². The largest absolute Gasteiger partial charge is 0.351 e. The first kappa shape index (κ1) is 12.4. The van der Waals surface area contributed by atoms with Crippen molar-refractivity contribution in [2.75, 3.05) is 5.33 Å². The van der Waals surface area contributed by atoms with Crippen molar-refractivity contribution in [3.05, 3.63) is 0 Å². The first-order chi connectivity index (χ1) is 7.58. The van der Waals surface area contributed by atoms with Crippen LogP contribution < -0.4 is 5.32 Å². The van der Waals surface area contributed by atoms with E-state index in [0.717, 1.165) is 42.8 Å². The smallest absolute Gasteiger partial charge is 0.223 e. The van der Waals surface area contributed by atoms with E-state index in [0.29, 0.717) is 11.8 Å². The van der Waals surface area contributed by atoms with Crippen molar-refractivity contribution >= 4 is 21.8 Å². The van der Waals surface area contributed by atoms with Crippen molar-refractivity contribution in [1.82, 2.24) is 5.32 Å². The molecule has 0 heterocycles. The molecule has 0 spiro atoms. The van der Waals surface area contributed by atoms with E-state index < -0.39 is 0 Å². The highest BCUT2D eigenvalue weighted by atomic mass is 79.9. The molecule has 2 aliphatic carbocycles. The highest BCUT2D eigenvalue weighted by Gasteiger charge is 2.48. The molecule has 3 atom stereocenters. The van der Waals surface area contributed by atoms with Gasteiger partial charge in [-0.2, -0.15) is 0 Å². The third-order valence-corrected chi connectivity index (χ3v) is 4.86. The molecule has 3 unspecified atom stereocenters. The number of nitrogens with one attached hydrogen (secondary N) is 1. The third-order valence-electron chi connectivity index (χ3n) is 4.47. The molecule has 0 aliphatic heterocycles. The number of carbonyl (C=O) groups is 1. The molecule has 2 nitrogen and oxygen atoms in total. The highest BCUT2D eigenvalue weighted by molar-refractivity contribution is 9.09. The van der Waals surface area contributed by atoms with E-state index in [9.17, 15) is 4.79 Å². The molecule has 0 aromatic rings. The van der Waals surface area contributed by atoms with Crippen LogP contribution in [-0.2, 0) is 4.79 Å². The molecule has 2 rings (SSSR count). The van der Waals surface area contributed by atoms with Gasteiger partial charge in [-0.15, -0.1) is 0 Å². The first-order valence-electron chi connectivity index (χ1n) is 6.46. The molecule has 16 heavy (non-hydrogen) atoms. The lowest BCUT2D eigenvalue weighted by molar-refractivity contribution is -0.127. The van der Waals surface area contributed by atoms with Crippen LogP contribution in [0.5, 0.6) is 0 Å². The molecule has 0 radical (unpaired) electrons. The molecular weight excluding hydrogens is 266 g/mol. The second kappa shape index (κ2) is 4.67. The number of amides is 1. The Balaban J connectivity index is 1.85. The molecule has 2 saturated carbocycles. The van der Waals surface area contributed by atoms with Crippen molar-refractivity contribution in [2.45, 2.75) is 51.5 Å². The first-order valence-corrected chi connectivity index (χ1v) is 7.58. The lowest BCUT2D eigenvalue weighted by Gasteiger charge is -2.30. The molecule has 0 saturated heterocycles. The SMILES string of the molecule is CCC(C)(CCBr)NC(=O)C1CC2CC2C1. The van der Waals surface area contributed by atoms with Crippen LogP contribution >= 0.6 is 15.9 Å². The van der Waals surface area contributed by atoms with Crippen molar-refractivity contribution < 1.29 is 4.79 Å². The Morgan fingerprint density at radius 1 is 1.38 bits per heavy atom. The number of hydrogen-bond acceptors (Lipinski definition) is 1. The van der Waals surface area contributed by atoms with Gasteiger partial charge in [0.15, 0.2) is 0 Å². The summed E-state index contributed by atoms with van der Waals surface area (Å²) in [6.07, 6.45) is 5.68. The van der Waals surface area contributed by atoms with E-state index in [-0.39, 0.29) is 5.54 Å². The van der Waals surface area contributed by atoms with Crippen molar-refractivity contribution in [3.63, 3.8) is 0 Å². The molecular formula is C13H22BrNO. The minimum Gasteiger partial charge on any atom is -0.351 e. The van der Waals surface area contributed by atoms with Gasteiger partial charge in [-0.1, -0.05) is 22.9 Å². The number of fused-ring (bicyclic) bond motifs is 1. The van der Waals surface area contributed by atoms with Crippen LogP contribution in [0.2, 0.25) is 0 Å². The Morgan fingerprint density at radius 3 is 2.50 bits per heavy atom. The van der Waals surface area contributed by atoms with Crippen molar-refractivity contribution in [3.8, 4) is 0 Å². The Kier molecular flexibility index (Phi) is 3.62. The van der Waals surface area contributed by atoms with Gasteiger partial charge in [-0.25, -0.2) is 0 Å². The van der Waals surface area contributed by atoms with Gasteiger partial charge in [0.2, 0.25) is 5.91 Å². The monoisotopic (exact) mass is 287 g/mol. The summed E-state index contributed by atoms with van der Waals surface area (Å²) in [5.41, 5.74) is -0.0205. The standard InChI is InChI=1S/C13H22BrNO/c1-3-13(2,4-5-14)15-12(16)11-7-9-6-10(9)8-11/h9-11H,3-8H2,1-2H3,(H,15,16). The minimum absolute atomic E-state index is 0.0205. The number of alkyl halides is 1. The van der Waals surface area contributed by atoms with E-state index in [1.54, 1.807) is 0 Å². The van der Waals surface area contributed by atoms with Crippen LogP contribution in [0, 0.1) is 17.8 Å². The van der Waals surface area contributed by atoms with E-state index in [2.05, 4.69) is 35.1 Å². The van der Waals surface area contributed by atoms with E-state index >= 15 is 0 Å². The van der Waals surface area contributed by atoms with Gasteiger partial charge in [0.1, 0.15) is 0 Å². The maximum absolute atomic E-state index is 12.1. The topological polar surface area (TPSA) is 29.1 Å². The van der Waals surface area contributed by atoms with Gasteiger partial charge in [0.25, 0.3) is 0 Å². The van der Waals surface area contributed by atoms with Gasteiger partial charge in [0, 0.05) is 16.8 Å². The zero-order chi connectivity index (χ0) is 11.8. The van der Waals surface area contributed by atoms with Crippen molar-refractivity contribution in [1.29, 1.82) is 0 Å². The Hall–Kier alpha value is -0.0500. The summed E-state index contributed by atoms with van der Waals surface area (Å²) in [6.45, 7) is 4.30. The fourth-order valence-electron chi connectivity index (χ4n) is 2.86. The van der Waals surface area contributed by atoms with Crippen LogP contribution in [0.1, 0.15) is 46.0 Å². The quantitative estimate of drug-likeness (QED) is 0.774. The lowest BCUT2D eigenvalue weighted by Crippen LogP contribution is -2.48. The maximum atomic E-state index is 12.1. The predicted molar refractivity (Wildman–Crippen MR) is 69.6 cm³/mol. The summed E-state index contributed by atoms with van der Waals surface area (Å²) in [7, 11) is 0. The fraction of sp³-hybridized carbons (Fsp3) is 0.923. The summed E-state index contributed by atoms with van der Waals surface area (Å²) in [5, 5.41) is 4.21. The Labute approximate surface area is 107 Å². The second-order valence-corrected chi connectivity index (χ2v) is 6.56. The van der Waals surface area contributed by atoms with E-state index in [1.165, 1.54) is 6.42 Å². The van der Waals surface area contributed by atoms with Crippen LogP contribution in [0.15, 0.2) is 0 Å². The van der Waals surface area contributed by atoms with E-state index in [1.807, 2.05) is 0 Å². The van der Waals surface area contributed by atoms with Crippen LogP contribution in [0.25, 0.3) is 0 Å². The number of rotatable bonds is 5. The molecule has 0 aromatic heterocycles. The zero-order valence-electron chi connectivity index (χ0n) is 10.3. The summed E-state index contributed by atoms with van der Waals surface area (Å²) < 4.78 is 0. The average molecular weight is 288 g/mol. The second-order valence-electron chi connectivity index (χ2n) is 5.77. The molecule has 2 aliphatic rings. The Morgan fingerprint density at radius 2 is 2.00 bits per heavy atom. The summed E-state index contributed by atoms with van der Waals surface area (Å²) >= 11 is 3.46. The number of hydrogen-bond donors (Lipinski definition) is 1. The summed E-state index contributed by atoms with van der Waals surface area (Å²) in [5.74, 6) is 2.39. The van der Waals surface area contributed by atoms with Crippen LogP contribution in [0.3, 0.4) is 0 Å². The predicted octanol–water partition coefficient (Wildman–Crippen LogP) is 3.10. The van der Waals surface area contributed by atoms with Gasteiger partial charge >= 0.3 is 0 Å². The molecule has 0 bridgehead atoms. The maximum Gasteiger partial charge on any atom is 0.223 e. The van der Waals surface area contributed by atoms with Gasteiger partial charge in [-0.05, 0) is 50.9 Å². The van der Waals surface area contributed by atoms with Gasteiger partial charge in [-0.3, -0.25) is 4.79 Å². The Bertz CT molecular complexity index is 271. The van der Waals surface area contributed by atoms with Crippen LogP contribution in [0.4, 0.5) is 0 Å². The molecule has 0 aromatic carbocycles.